The van der Waals surface area contributed by atoms with Gasteiger partial charge in [0.15, 0.2) is 11.5 Å². The summed E-state index contributed by atoms with van der Waals surface area (Å²) in [5.41, 5.74) is 1.74. The monoisotopic (exact) mass is 429 g/mol. The van der Waals surface area contributed by atoms with Crippen molar-refractivity contribution in [1.82, 2.24) is 25.1 Å². The molecule has 0 saturated heterocycles. The number of para-hydroxylation sites is 1. The summed E-state index contributed by atoms with van der Waals surface area (Å²) in [6.07, 6.45) is 1.42. The Morgan fingerprint density at radius 2 is 2.13 bits per heavy atom. The van der Waals surface area contributed by atoms with Gasteiger partial charge in [-0.1, -0.05) is 23.7 Å². The molecule has 0 N–H and O–H groups in total. The predicted octanol–water partition coefficient (Wildman–Crippen LogP) is 2.76. The van der Waals surface area contributed by atoms with Crippen LogP contribution >= 0.6 is 11.6 Å². The lowest BCUT2D eigenvalue weighted by Gasteiger charge is -2.26. The molecule has 30 heavy (non-hydrogen) atoms. The first-order valence-corrected chi connectivity index (χ1v) is 9.77. The minimum atomic E-state index is -0.214. The van der Waals surface area contributed by atoms with Gasteiger partial charge in [-0.05, 0) is 29.5 Å². The number of carbonyl (C=O) groups excluding carboxylic acids is 1. The number of fused-ring (bicyclic) bond motifs is 1. The normalized spacial score (nSPS) is 12.5. The highest BCUT2D eigenvalue weighted by molar-refractivity contribution is 6.33. The zero-order valence-electron chi connectivity index (χ0n) is 16.5. The third-order valence-corrected chi connectivity index (χ3v) is 5.08. The molecule has 9 nitrogen and oxygen atoms in total. The lowest BCUT2D eigenvalue weighted by molar-refractivity contribution is 0.0745. The van der Waals surface area contributed by atoms with Gasteiger partial charge in [0.05, 0.1) is 23.4 Å². The number of hydrogen-bond donors (Lipinski definition) is 0. The maximum absolute atomic E-state index is 13.3. The van der Waals surface area contributed by atoms with Crippen LogP contribution < -0.4 is 14.2 Å². The van der Waals surface area contributed by atoms with E-state index in [2.05, 4.69) is 15.5 Å². The van der Waals surface area contributed by atoms with Crippen molar-refractivity contribution in [1.29, 1.82) is 0 Å². The van der Waals surface area contributed by atoms with Gasteiger partial charge in [0.1, 0.15) is 25.3 Å². The lowest BCUT2D eigenvalue weighted by atomic mass is 10.1. The molecule has 0 aliphatic carbocycles. The molecule has 1 aromatic heterocycles. The van der Waals surface area contributed by atoms with E-state index in [-0.39, 0.29) is 5.91 Å². The number of carbonyl (C=O) groups is 1. The van der Waals surface area contributed by atoms with Crippen LogP contribution in [0.2, 0.25) is 5.02 Å². The SMILES string of the molecule is CCN(Cc1cccc2c1OCCO2)C(=O)c1cc(Cl)c(-n2cnnn2)cc1OC. The van der Waals surface area contributed by atoms with Crippen molar-refractivity contribution in [3.63, 3.8) is 0 Å². The fraction of sp³-hybridized carbons (Fsp3) is 0.300. The Hall–Kier alpha value is -3.33. The number of ether oxygens (including phenoxy) is 3. The van der Waals surface area contributed by atoms with E-state index in [1.807, 2.05) is 25.1 Å². The maximum Gasteiger partial charge on any atom is 0.257 e. The molecule has 1 amide bonds. The fourth-order valence-corrected chi connectivity index (χ4v) is 3.54. The second kappa shape index (κ2) is 8.58. The van der Waals surface area contributed by atoms with Crippen LogP contribution in [0.1, 0.15) is 22.8 Å². The highest BCUT2D eigenvalue weighted by Gasteiger charge is 2.24. The Labute approximate surface area is 178 Å². The van der Waals surface area contributed by atoms with Crippen LogP contribution in [0.25, 0.3) is 5.69 Å². The van der Waals surface area contributed by atoms with Crippen LogP contribution in [-0.4, -0.2) is 57.9 Å². The molecule has 0 radical (unpaired) electrons. The van der Waals surface area contributed by atoms with Gasteiger partial charge in [-0.2, -0.15) is 4.68 Å². The number of tetrazole rings is 1. The number of methoxy groups -OCH3 is 1. The molecular formula is C20H20ClN5O4. The number of amides is 1. The largest absolute Gasteiger partial charge is 0.496 e. The van der Waals surface area contributed by atoms with Crippen LogP contribution in [0.5, 0.6) is 17.2 Å². The van der Waals surface area contributed by atoms with E-state index in [1.54, 1.807) is 17.0 Å². The Bertz CT molecular complexity index is 1060. The van der Waals surface area contributed by atoms with E-state index in [0.29, 0.717) is 59.8 Å². The predicted molar refractivity (Wildman–Crippen MR) is 109 cm³/mol. The maximum atomic E-state index is 13.3. The molecule has 1 aliphatic heterocycles. The summed E-state index contributed by atoms with van der Waals surface area (Å²) in [7, 11) is 1.50. The van der Waals surface area contributed by atoms with Crippen molar-refractivity contribution in [3.8, 4) is 22.9 Å². The molecule has 10 heteroatoms. The highest BCUT2D eigenvalue weighted by Crippen LogP contribution is 2.35. The Morgan fingerprint density at radius 3 is 2.87 bits per heavy atom. The highest BCUT2D eigenvalue weighted by atomic mass is 35.5. The molecule has 2 aromatic carbocycles. The topological polar surface area (TPSA) is 91.6 Å². The van der Waals surface area contributed by atoms with Crippen molar-refractivity contribution in [2.75, 3.05) is 26.9 Å². The average Bonchev–Trinajstić information content (AvgIpc) is 3.31. The standard InChI is InChI=1S/C20H20ClN5O4/c1-3-25(11-13-5-4-6-17-19(13)30-8-7-29-17)20(27)14-9-15(21)16(10-18(14)28-2)26-12-22-23-24-26/h4-6,9-10,12H,3,7-8,11H2,1-2H3. The van der Waals surface area contributed by atoms with E-state index in [4.69, 9.17) is 25.8 Å². The van der Waals surface area contributed by atoms with Crippen LogP contribution in [0.3, 0.4) is 0 Å². The number of aromatic nitrogens is 4. The van der Waals surface area contributed by atoms with E-state index >= 15 is 0 Å². The molecule has 0 saturated carbocycles. The molecule has 3 aromatic rings. The zero-order chi connectivity index (χ0) is 21.1. The van der Waals surface area contributed by atoms with Crippen molar-refractivity contribution < 1.29 is 19.0 Å². The third kappa shape index (κ3) is 3.76. The zero-order valence-corrected chi connectivity index (χ0v) is 17.3. The van der Waals surface area contributed by atoms with Crippen LogP contribution in [0, 0.1) is 0 Å². The summed E-state index contributed by atoms with van der Waals surface area (Å²) in [6.45, 7) is 3.74. The molecule has 1 aliphatic rings. The summed E-state index contributed by atoms with van der Waals surface area (Å²) in [4.78, 5) is 15.0. The summed E-state index contributed by atoms with van der Waals surface area (Å²) >= 11 is 6.42. The van der Waals surface area contributed by atoms with Crippen LogP contribution in [0.15, 0.2) is 36.7 Å². The molecular weight excluding hydrogens is 410 g/mol. The van der Waals surface area contributed by atoms with E-state index < -0.39 is 0 Å². The third-order valence-electron chi connectivity index (χ3n) is 4.77. The number of benzene rings is 2. The Kier molecular flexibility index (Phi) is 5.71. The molecule has 0 bridgehead atoms. The summed E-state index contributed by atoms with van der Waals surface area (Å²) < 4.78 is 18.3. The van der Waals surface area contributed by atoms with Gasteiger partial charge >= 0.3 is 0 Å². The minimum Gasteiger partial charge on any atom is -0.496 e. The molecule has 2 heterocycles. The second-order valence-electron chi connectivity index (χ2n) is 6.52. The van der Waals surface area contributed by atoms with Gasteiger partial charge in [-0.3, -0.25) is 4.79 Å². The summed E-state index contributed by atoms with van der Waals surface area (Å²) in [5, 5.41) is 11.4. The van der Waals surface area contributed by atoms with Crippen molar-refractivity contribution in [2.24, 2.45) is 0 Å². The van der Waals surface area contributed by atoms with E-state index in [0.717, 1.165) is 5.56 Å². The van der Waals surface area contributed by atoms with Gasteiger partial charge in [-0.15, -0.1) is 5.10 Å². The van der Waals surface area contributed by atoms with Crippen LogP contribution in [-0.2, 0) is 6.54 Å². The van der Waals surface area contributed by atoms with E-state index in [9.17, 15) is 4.79 Å². The quantitative estimate of drug-likeness (QED) is 0.594. The molecule has 0 unspecified atom stereocenters. The summed E-state index contributed by atoms with van der Waals surface area (Å²) in [5.74, 6) is 1.53. The van der Waals surface area contributed by atoms with Crippen molar-refractivity contribution >= 4 is 17.5 Å². The van der Waals surface area contributed by atoms with Gasteiger partial charge in [0.25, 0.3) is 5.91 Å². The first-order valence-electron chi connectivity index (χ1n) is 9.40. The minimum absolute atomic E-state index is 0.214. The van der Waals surface area contributed by atoms with Crippen molar-refractivity contribution in [2.45, 2.75) is 13.5 Å². The molecule has 0 atom stereocenters. The number of halogens is 1. The number of nitrogens with zero attached hydrogens (tertiary/aromatic N) is 5. The average molecular weight is 430 g/mol. The molecule has 0 spiro atoms. The molecule has 0 fully saturated rings. The Balaban J connectivity index is 1.65. The molecule has 4 rings (SSSR count). The summed E-state index contributed by atoms with van der Waals surface area (Å²) in [6, 6.07) is 8.88. The second-order valence-corrected chi connectivity index (χ2v) is 6.93. The Morgan fingerprint density at radius 1 is 1.30 bits per heavy atom. The lowest BCUT2D eigenvalue weighted by Crippen LogP contribution is -2.31. The first-order chi connectivity index (χ1) is 14.6. The van der Waals surface area contributed by atoms with Gasteiger partial charge in [-0.25, -0.2) is 0 Å². The first kappa shape index (κ1) is 20.0. The van der Waals surface area contributed by atoms with Gasteiger partial charge < -0.3 is 19.1 Å². The number of hydrogen-bond acceptors (Lipinski definition) is 7. The van der Waals surface area contributed by atoms with Gasteiger partial charge in [0.2, 0.25) is 0 Å². The molecule has 156 valence electrons. The van der Waals surface area contributed by atoms with Crippen LogP contribution in [0.4, 0.5) is 0 Å². The van der Waals surface area contributed by atoms with Crippen molar-refractivity contribution in [3.05, 3.63) is 52.8 Å². The number of rotatable bonds is 6. The fourth-order valence-electron chi connectivity index (χ4n) is 3.29. The van der Waals surface area contributed by atoms with Gasteiger partial charge in [0, 0.05) is 24.7 Å². The van der Waals surface area contributed by atoms with E-state index in [1.165, 1.54) is 18.1 Å². The smallest absolute Gasteiger partial charge is 0.257 e.